The zero-order chi connectivity index (χ0) is 31.1. The maximum Gasteiger partial charge on any atom is 0.416 e. The second-order valence-electron chi connectivity index (χ2n) is 10.3. The van der Waals surface area contributed by atoms with Crippen molar-refractivity contribution in [1.82, 2.24) is 10.2 Å². The van der Waals surface area contributed by atoms with Crippen molar-refractivity contribution in [3.63, 3.8) is 0 Å². The van der Waals surface area contributed by atoms with E-state index in [1.165, 1.54) is 11.0 Å². The number of carbonyl (C=O) groups is 2. The number of halogens is 4. The van der Waals surface area contributed by atoms with Crippen LogP contribution in [0.5, 0.6) is 0 Å². The van der Waals surface area contributed by atoms with Crippen molar-refractivity contribution in [2.24, 2.45) is 5.92 Å². The summed E-state index contributed by atoms with van der Waals surface area (Å²) < 4.78 is 67.3. The summed E-state index contributed by atoms with van der Waals surface area (Å²) in [4.78, 5) is 28.9. The third kappa shape index (κ3) is 9.59. The first-order valence-corrected chi connectivity index (χ1v) is 15.8. The van der Waals surface area contributed by atoms with Gasteiger partial charge in [-0.25, -0.2) is 8.42 Å². The Balaban J connectivity index is 2.07. The first kappa shape index (κ1) is 33.1. The van der Waals surface area contributed by atoms with Crippen LogP contribution < -0.4 is 9.62 Å². The normalized spacial score (nSPS) is 12.6. The zero-order valence-electron chi connectivity index (χ0n) is 23.4. The van der Waals surface area contributed by atoms with E-state index in [4.69, 9.17) is 0 Å². The lowest BCUT2D eigenvalue weighted by Crippen LogP contribution is -2.53. The smallest absolute Gasteiger partial charge is 0.354 e. The number of amides is 2. The summed E-state index contributed by atoms with van der Waals surface area (Å²) in [6, 6.07) is 18.9. The lowest BCUT2D eigenvalue weighted by molar-refractivity contribution is -0.140. The summed E-state index contributed by atoms with van der Waals surface area (Å²) in [5.41, 5.74) is 0.0681. The number of anilines is 1. The van der Waals surface area contributed by atoms with E-state index in [-0.39, 0.29) is 24.6 Å². The van der Waals surface area contributed by atoms with Crippen molar-refractivity contribution < 1.29 is 31.2 Å². The Hall–Kier alpha value is -3.38. The molecule has 42 heavy (non-hydrogen) atoms. The molecular weight excluding hydrogens is 635 g/mol. The molecule has 0 unspecified atom stereocenters. The van der Waals surface area contributed by atoms with Crippen LogP contribution in [-0.4, -0.2) is 50.5 Å². The quantitative estimate of drug-likeness (QED) is 0.271. The SMILES string of the molecule is CC(C)CNC(=O)[C@@H](Cc1ccccc1)N(Cc1cccc(Br)c1)C(=O)CN(c1cccc(C(F)(F)F)c1)S(C)(=O)=O. The van der Waals surface area contributed by atoms with Gasteiger partial charge in [0.1, 0.15) is 12.6 Å². The van der Waals surface area contributed by atoms with Crippen LogP contribution in [0.25, 0.3) is 0 Å². The van der Waals surface area contributed by atoms with E-state index < -0.39 is 46.2 Å². The molecule has 1 atom stereocenters. The molecule has 7 nitrogen and oxygen atoms in total. The number of nitrogens with zero attached hydrogens (tertiary/aromatic N) is 2. The molecule has 0 aliphatic carbocycles. The molecule has 0 aromatic heterocycles. The monoisotopic (exact) mass is 667 g/mol. The standard InChI is InChI=1S/C30H33BrF3N3O4S/c1-21(2)18-35-29(39)27(16-22-9-5-4-6-10-22)36(19-23-11-7-13-25(31)15-23)28(38)20-37(42(3,40)41)26-14-8-12-24(17-26)30(32,33)34/h4-15,17,21,27H,16,18-20H2,1-3H3,(H,35,39)/t27-/m1/s1. The van der Waals surface area contributed by atoms with E-state index in [0.717, 1.165) is 28.4 Å². The van der Waals surface area contributed by atoms with Gasteiger partial charge in [-0.1, -0.05) is 78.3 Å². The van der Waals surface area contributed by atoms with Gasteiger partial charge < -0.3 is 10.2 Å². The highest BCUT2D eigenvalue weighted by atomic mass is 79.9. The molecule has 0 aliphatic rings. The molecule has 3 aromatic carbocycles. The molecule has 12 heteroatoms. The van der Waals surface area contributed by atoms with Crippen LogP contribution in [0.15, 0.2) is 83.3 Å². The highest BCUT2D eigenvalue weighted by molar-refractivity contribution is 9.10. The summed E-state index contributed by atoms with van der Waals surface area (Å²) in [6.07, 6.45) is -3.77. The predicted molar refractivity (Wildman–Crippen MR) is 160 cm³/mol. The van der Waals surface area contributed by atoms with Gasteiger partial charge in [0.2, 0.25) is 21.8 Å². The highest BCUT2D eigenvalue weighted by Crippen LogP contribution is 2.32. The number of hydrogen-bond acceptors (Lipinski definition) is 4. The van der Waals surface area contributed by atoms with Crippen LogP contribution in [0.4, 0.5) is 18.9 Å². The summed E-state index contributed by atoms with van der Waals surface area (Å²) >= 11 is 3.41. The Morgan fingerprint density at radius 3 is 2.17 bits per heavy atom. The summed E-state index contributed by atoms with van der Waals surface area (Å²) in [7, 11) is -4.20. The van der Waals surface area contributed by atoms with E-state index in [2.05, 4.69) is 21.2 Å². The minimum absolute atomic E-state index is 0.0505. The van der Waals surface area contributed by atoms with Gasteiger partial charge in [-0.05, 0) is 47.4 Å². The first-order valence-electron chi connectivity index (χ1n) is 13.2. The molecule has 0 aliphatic heterocycles. The Morgan fingerprint density at radius 1 is 0.929 bits per heavy atom. The Labute approximate surface area is 252 Å². The molecule has 2 amide bonds. The fourth-order valence-electron chi connectivity index (χ4n) is 4.26. The number of nitrogens with one attached hydrogen (secondary N) is 1. The third-order valence-corrected chi connectivity index (χ3v) is 7.97. The van der Waals surface area contributed by atoms with Gasteiger partial charge in [0.15, 0.2) is 0 Å². The van der Waals surface area contributed by atoms with Crippen molar-refractivity contribution in [2.45, 2.75) is 39.0 Å². The second kappa shape index (κ2) is 14.2. The summed E-state index contributed by atoms with van der Waals surface area (Å²) in [6.45, 7) is 3.34. The molecule has 0 radical (unpaired) electrons. The topological polar surface area (TPSA) is 86.8 Å². The maximum atomic E-state index is 14.0. The van der Waals surface area contributed by atoms with Crippen molar-refractivity contribution in [3.8, 4) is 0 Å². The van der Waals surface area contributed by atoms with E-state index >= 15 is 0 Å². The molecular formula is C30H33BrF3N3O4S. The van der Waals surface area contributed by atoms with E-state index in [1.807, 2.05) is 32.0 Å². The number of sulfonamides is 1. The van der Waals surface area contributed by atoms with Crippen molar-refractivity contribution in [1.29, 1.82) is 0 Å². The summed E-state index contributed by atoms with van der Waals surface area (Å²) in [5, 5.41) is 2.88. The molecule has 0 saturated carbocycles. The van der Waals surface area contributed by atoms with Crippen molar-refractivity contribution in [2.75, 3.05) is 23.7 Å². The van der Waals surface area contributed by atoms with E-state index in [1.54, 1.807) is 36.4 Å². The van der Waals surface area contributed by atoms with Crippen LogP contribution in [0, 0.1) is 5.92 Å². The fraction of sp³-hybridized carbons (Fsp3) is 0.333. The number of alkyl halides is 3. The molecule has 0 spiro atoms. The van der Waals surface area contributed by atoms with Crippen LogP contribution in [0.2, 0.25) is 0 Å². The van der Waals surface area contributed by atoms with Crippen molar-refractivity contribution >= 4 is 43.5 Å². The molecule has 1 N–H and O–H groups in total. The Bertz CT molecular complexity index is 1480. The Morgan fingerprint density at radius 2 is 1.57 bits per heavy atom. The highest BCUT2D eigenvalue weighted by Gasteiger charge is 2.35. The second-order valence-corrected chi connectivity index (χ2v) is 13.1. The predicted octanol–water partition coefficient (Wildman–Crippen LogP) is 5.65. The van der Waals surface area contributed by atoms with Gasteiger partial charge >= 0.3 is 6.18 Å². The molecule has 3 rings (SSSR count). The van der Waals surface area contributed by atoms with Gasteiger partial charge in [-0.3, -0.25) is 13.9 Å². The third-order valence-electron chi connectivity index (χ3n) is 6.34. The van der Waals surface area contributed by atoms with E-state index in [9.17, 15) is 31.2 Å². The maximum absolute atomic E-state index is 14.0. The summed E-state index contributed by atoms with van der Waals surface area (Å²) in [5.74, 6) is -1.05. The molecule has 0 fully saturated rings. The van der Waals surface area contributed by atoms with Gasteiger partial charge in [0, 0.05) is 24.0 Å². The van der Waals surface area contributed by atoms with Gasteiger partial charge in [0.05, 0.1) is 17.5 Å². The van der Waals surface area contributed by atoms with Crippen LogP contribution >= 0.6 is 15.9 Å². The molecule has 0 saturated heterocycles. The molecule has 0 bridgehead atoms. The van der Waals surface area contributed by atoms with Crippen LogP contribution in [0.1, 0.15) is 30.5 Å². The van der Waals surface area contributed by atoms with E-state index in [0.29, 0.717) is 22.5 Å². The van der Waals surface area contributed by atoms with Crippen LogP contribution in [-0.2, 0) is 38.8 Å². The molecule has 0 heterocycles. The van der Waals surface area contributed by atoms with Crippen molar-refractivity contribution in [3.05, 3.63) is 100 Å². The zero-order valence-corrected chi connectivity index (χ0v) is 25.8. The van der Waals surface area contributed by atoms with Gasteiger partial charge in [-0.15, -0.1) is 0 Å². The fourth-order valence-corrected chi connectivity index (χ4v) is 5.55. The molecule has 226 valence electrons. The minimum atomic E-state index is -4.72. The first-order chi connectivity index (χ1) is 19.6. The van der Waals surface area contributed by atoms with Crippen LogP contribution in [0.3, 0.4) is 0 Å². The number of carbonyl (C=O) groups excluding carboxylic acids is 2. The lowest BCUT2D eigenvalue weighted by atomic mass is 10.0. The molecule has 3 aromatic rings. The Kier molecular flexibility index (Phi) is 11.2. The average Bonchev–Trinajstić information content (AvgIpc) is 2.91. The van der Waals surface area contributed by atoms with Gasteiger partial charge in [0.25, 0.3) is 0 Å². The lowest BCUT2D eigenvalue weighted by Gasteiger charge is -2.33. The number of benzene rings is 3. The van der Waals surface area contributed by atoms with Gasteiger partial charge in [-0.2, -0.15) is 13.2 Å². The number of rotatable bonds is 12. The average molecular weight is 669 g/mol. The largest absolute Gasteiger partial charge is 0.416 e. The minimum Gasteiger partial charge on any atom is -0.354 e. The number of hydrogen-bond donors (Lipinski definition) is 1.